The van der Waals surface area contributed by atoms with Gasteiger partial charge in [-0.25, -0.2) is 14.4 Å². The van der Waals surface area contributed by atoms with Gasteiger partial charge in [0.25, 0.3) is 0 Å². The number of halogens is 2. The van der Waals surface area contributed by atoms with Crippen molar-refractivity contribution in [3.8, 4) is 5.75 Å². The Hall–Kier alpha value is -2.74. The van der Waals surface area contributed by atoms with Gasteiger partial charge in [-0.15, -0.1) is 0 Å². The third-order valence-corrected chi connectivity index (χ3v) is 6.45. The number of hydrogen-bond donors (Lipinski definition) is 1. The molecule has 1 aliphatic heterocycles. The summed E-state index contributed by atoms with van der Waals surface area (Å²) in [5.41, 5.74) is 2.22. The first kappa shape index (κ1) is 23.4. The first-order chi connectivity index (χ1) is 15.8. The summed E-state index contributed by atoms with van der Waals surface area (Å²) >= 11 is 5.94. The Bertz CT molecular complexity index is 1170. The molecule has 0 aliphatic carbocycles. The van der Waals surface area contributed by atoms with E-state index >= 15 is 0 Å². The van der Waals surface area contributed by atoms with Gasteiger partial charge in [-0.05, 0) is 45.2 Å². The van der Waals surface area contributed by atoms with Crippen molar-refractivity contribution in [2.45, 2.75) is 19.4 Å². The zero-order valence-corrected chi connectivity index (χ0v) is 20.2. The van der Waals surface area contributed by atoms with Gasteiger partial charge in [0.1, 0.15) is 23.7 Å². The van der Waals surface area contributed by atoms with Gasteiger partial charge in [-0.1, -0.05) is 23.8 Å². The van der Waals surface area contributed by atoms with Crippen LogP contribution in [0, 0.1) is 5.82 Å². The molecule has 0 atom stereocenters. The highest BCUT2D eigenvalue weighted by molar-refractivity contribution is 6.31. The third kappa shape index (κ3) is 5.27. The number of piperazine rings is 1. The standard InChI is InChI=1S/C25H29ClFN5O/c1-25(2,32-11-9-31(3)10-12-32)8-7-17-13-19-22(15-23(17)33-4)28-16-29-24(19)30-18-5-6-21(27)20(26)14-18/h5-8,13-16H,9-12H2,1-4H3,(H,28,29,30)/b8-7+. The second kappa shape index (κ2) is 9.63. The van der Waals surface area contributed by atoms with Crippen LogP contribution >= 0.6 is 11.6 Å². The first-order valence-corrected chi connectivity index (χ1v) is 11.3. The number of rotatable bonds is 6. The van der Waals surface area contributed by atoms with Crippen LogP contribution < -0.4 is 10.1 Å². The molecule has 1 aliphatic rings. The number of ether oxygens (including phenoxy) is 1. The number of anilines is 2. The molecular weight excluding hydrogens is 441 g/mol. The molecule has 4 rings (SSSR count). The van der Waals surface area contributed by atoms with Gasteiger partial charge in [0.05, 0.1) is 17.6 Å². The van der Waals surface area contributed by atoms with Gasteiger partial charge >= 0.3 is 0 Å². The first-order valence-electron chi connectivity index (χ1n) is 10.9. The maximum absolute atomic E-state index is 13.5. The number of nitrogens with one attached hydrogen (secondary N) is 1. The summed E-state index contributed by atoms with van der Waals surface area (Å²) in [6.07, 6.45) is 5.81. The predicted octanol–water partition coefficient (Wildman–Crippen LogP) is 5.21. The number of nitrogens with zero attached hydrogens (tertiary/aromatic N) is 4. The monoisotopic (exact) mass is 469 g/mol. The highest BCUT2D eigenvalue weighted by atomic mass is 35.5. The normalized spacial score (nSPS) is 15.9. The Morgan fingerprint density at radius 3 is 2.58 bits per heavy atom. The van der Waals surface area contributed by atoms with Crippen molar-refractivity contribution in [1.29, 1.82) is 0 Å². The van der Waals surface area contributed by atoms with Crippen molar-refractivity contribution in [3.63, 3.8) is 0 Å². The average molecular weight is 470 g/mol. The van der Waals surface area contributed by atoms with Crippen LogP contribution in [0.25, 0.3) is 17.0 Å². The minimum Gasteiger partial charge on any atom is -0.496 e. The van der Waals surface area contributed by atoms with E-state index in [1.54, 1.807) is 13.2 Å². The lowest BCUT2D eigenvalue weighted by Gasteiger charge is -2.41. The van der Waals surface area contributed by atoms with E-state index in [2.05, 4.69) is 58.1 Å². The van der Waals surface area contributed by atoms with E-state index in [1.165, 1.54) is 18.5 Å². The molecule has 2 aromatic carbocycles. The van der Waals surface area contributed by atoms with E-state index in [0.29, 0.717) is 11.5 Å². The maximum Gasteiger partial charge on any atom is 0.141 e. The van der Waals surface area contributed by atoms with Crippen LogP contribution in [0.1, 0.15) is 19.4 Å². The highest BCUT2D eigenvalue weighted by Crippen LogP contribution is 2.32. The molecule has 6 nitrogen and oxygen atoms in total. The van der Waals surface area contributed by atoms with Crippen LogP contribution in [0.2, 0.25) is 5.02 Å². The summed E-state index contributed by atoms with van der Waals surface area (Å²) < 4.78 is 19.2. The van der Waals surface area contributed by atoms with Gasteiger partial charge in [0.2, 0.25) is 0 Å². The zero-order chi connectivity index (χ0) is 23.6. The van der Waals surface area contributed by atoms with Gasteiger partial charge < -0.3 is 15.0 Å². The van der Waals surface area contributed by atoms with E-state index in [9.17, 15) is 4.39 Å². The summed E-state index contributed by atoms with van der Waals surface area (Å²) in [5.74, 6) is 0.885. The van der Waals surface area contributed by atoms with Crippen LogP contribution in [-0.4, -0.2) is 65.6 Å². The second-order valence-electron chi connectivity index (χ2n) is 8.86. The second-order valence-corrected chi connectivity index (χ2v) is 9.27. The van der Waals surface area contributed by atoms with Crippen LogP contribution in [-0.2, 0) is 0 Å². The molecule has 0 unspecified atom stereocenters. The molecule has 1 aromatic heterocycles. The van der Waals surface area contributed by atoms with E-state index < -0.39 is 5.82 Å². The lowest BCUT2D eigenvalue weighted by atomic mass is 9.98. The lowest BCUT2D eigenvalue weighted by molar-refractivity contribution is 0.0900. The van der Waals surface area contributed by atoms with Crippen LogP contribution in [0.15, 0.2) is 42.7 Å². The largest absolute Gasteiger partial charge is 0.496 e. The Labute approximate surface area is 199 Å². The Morgan fingerprint density at radius 1 is 1.12 bits per heavy atom. The Kier molecular flexibility index (Phi) is 6.83. The quantitative estimate of drug-likeness (QED) is 0.534. The topological polar surface area (TPSA) is 53.5 Å². The summed E-state index contributed by atoms with van der Waals surface area (Å²) in [6, 6.07) is 8.40. The molecule has 8 heteroatoms. The molecule has 1 fully saturated rings. The van der Waals surface area contributed by atoms with Gasteiger partial charge in [-0.3, -0.25) is 4.90 Å². The molecule has 3 aromatic rings. The SMILES string of the molecule is COc1cc2ncnc(Nc3ccc(F)c(Cl)c3)c2cc1/C=C/C(C)(C)N1CCN(C)CC1. The molecule has 0 amide bonds. The molecule has 0 bridgehead atoms. The average Bonchev–Trinajstić information content (AvgIpc) is 2.80. The number of methoxy groups -OCH3 is 1. The molecule has 0 spiro atoms. The molecule has 0 saturated carbocycles. The van der Waals surface area contributed by atoms with Crippen LogP contribution in [0.4, 0.5) is 15.9 Å². The van der Waals surface area contributed by atoms with Crippen LogP contribution in [0.5, 0.6) is 5.75 Å². The van der Waals surface area contributed by atoms with Crippen molar-refractivity contribution in [2.24, 2.45) is 0 Å². The number of hydrogen-bond acceptors (Lipinski definition) is 6. The number of benzene rings is 2. The van der Waals surface area contributed by atoms with Crippen LogP contribution in [0.3, 0.4) is 0 Å². The van der Waals surface area contributed by atoms with Crippen molar-refractivity contribution in [2.75, 3.05) is 45.7 Å². The fourth-order valence-corrected chi connectivity index (χ4v) is 4.18. The Morgan fingerprint density at radius 2 is 1.88 bits per heavy atom. The minimum atomic E-state index is -0.463. The van der Waals surface area contributed by atoms with Gasteiger partial charge in [0.15, 0.2) is 0 Å². The van der Waals surface area contributed by atoms with Crippen molar-refractivity contribution in [3.05, 3.63) is 59.1 Å². The van der Waals surface area contributed by atoms with Gasteiger partial charge in [0, 0.05) is 54.4 Å². The highest BCUT2D eigenvalue weighted by Gasteiger charge is 2.26. The number of likely N-dealkylation sites (N-methyl/N-ethyl adjacent to an activating group) is 1. The summed E-state index contributed by atoms with van der Waals surface area (Å²) in [7, 11) is 3.82. The van der Waals surface area contributed by atoms with Crippen molar-refractivity contribution < 1.29 is 9.13 Å². The third-order valence-electron chi connectivity index (χ3n) is 6.16. The summed E-state index contributed by atoms with van der Waals surface area (Å²) in [4.78, 5) is 13.6. The summed E-state index contributed by atoms with van der Waals surface area (Å²) in [5, 5.41) is 4.11. The number of aromatic nitrogens is 2. The maximum atomic E-state index is 13.5. The molecule has 1 saturated heterocycles. The minimum absolute atomic E-state index is 0.0507. The predicted molar refractivity (Wildman–Crippen MR) is 133 cm³/mol. The van der Waals surface area contributed by atoms with Crippen molar-refractivity contribution in [1.82, 2.24) is 19.8 Å². The number of fused-ring (bicyclic) bond motifs is 1. The molecule has 2 heterocycles. The summed E-state index contributed by atoms with van der Waals surface area (Å²) in [6.45, 7) is 8.66. The van der Waals surface area contributed by atoms with Crippen molar-refractivity contribution >= 4 is 40.1 Å². The lowest BCUT2D eigenvalue weighted by Crippen LogP contribution is -2.52. The molecule has 33 heavy (non-hydrogen) atoms. The fourth-order valence-electron chi connectivity index (χ4n) is 4.00. The Balaban J connectivity index is 1.67. The molecule has 174 valence electrons. The molecule has 0 radical (unpaired) electrons. The van der Waals surface area contributed by atoms with Gasteiger partial charge in [-0.2, -0.15) is 0 Å². The van der Waals surface area contributed by atoms with E-state index in [0.717, 1.165) is 48.4 Å². The smallest absolute Gasteiger partial charge is 0.141 e. The van der Waals surface area contributed by atoms with E-state index in [-0.39, 0.29) is 10.6 Å². The van der Waals surface area contributed by atoms with E-state index in [1.807, 2.05) is 12.1 Å². The fraction of sp³-hybridized carbons (Fsp3) is 0.360. The molecular formula is C25H29ClFN5O. The van der Waals surface area contributed by atoms with E-state index in [4.69, 9.17) is 16.3 Å². The molecule has 1 N–H and O–H groups in total. The zero-order valence-electron chi connectivity index (χ0n) is 19.4.